The second-order valence-corrected chi connectivity index (χ2v) is 7.19. The summed E-state index contributed by atoms with van der Waals surface area (Å²) in [6.07, 6.45) is 1.44. The van der Waals surface area contributed by atoms with Crippen molar-refractivity contribution in [2.75, 3.05) is 16.8 Å². The van der Waals surface area contributed by atoms with E-state index in [0.717, 1.165) is 18.5 Å². The zero-order chi connectivity index (χ0) is 12.5. The molecular weight excluding hydrogens is 234 g/mol. The second kappa shape index (κ2) is 4.69. The highest BCUT2D eigenvalue weighted by Crippen LogP contribution is 2.21. The Labute approximate surface area is 103 Å². The van der Waals surface area contributed by atoms with E-state index in [-0.39, 0.29) is 0 Å². The molecule has 0 aromatic heterocycles. The van der Waals surface area contributed by atoms with E-state index in [4.69, 9.17) is 0 Å². The first kappa shape index (κ1) is 12.4. The first-order valence-corrected chi connectivity index (χ1v) is 7.83. The van der Waals surface area contributed by atoms with Crippen LogP contribution in [0.5, 0.6) is 0 Å². The van der Waals surface area contributed by atoms with E-state index >= 15 is 0 Å². The summed E-state index contributed by atoms with van der Waals surface area (Å²) in [5.74, 6) is 0.630. The molecule has 2 rings (SSSR count). The molecule has 1 aliphatic heterocycles. The molecule has 0 radical (unpaired) electrons. The maximum Gasteiger partial charge on any atom is 0.150 e. The Morgan fingerprint density at radius 3 is 2.41 bits per heavy atom. The molecule has 1 fully saturated rings. The predicted molar refractivity (Wildman–Crippen MR) is 71.2 cm³/mol. The lowest BCUT2D eigenvalue weighted by Gasteiger charge is -2.25. The smallest absolute Gasteiger partial charge is 0.150 e. The van der Waals surface area contributed by atoms with Gasteiger partial charge in [-0.15, -0.1) is 0 Å². The molecule has 0 aliphatic carbocycles. The van der Waals surface area contributed by atoms with Gasteiger partial charge in [-0.3, -0.25) is 0 Å². The van der Waals surface area contributed by atoms with Crippen LogP contribution in [0.25, 0.3) is 0 Å². The summed E-state index contributed by atoms with van der Waals surface area (Å²) in [7, 11) is -2.76. The van der Waals surface area contributed by atoms with Gasteiger partial charge in [-0.1, -0.05) is 17.7 Å². The third-order valence-electron chi connectivity index (χ3n) is 3.30. The zero-order valence-electron chi connectivity index (χ0n) is 10.4. The molecule has 0 amide bonds. The maximum atomic E-state index is 11.3. The summed E-state index contributed by atoms with van der Waals surface area (Å²) < 4.78 is 22.7. The van der Waals surface area contributed by atoms with E-state index in [0.29, 0.717) is 17.5 Å². The number of hydrogen-bond acceptors (Lipinski definition) is 3. The van der Waals surface area contributed by atoms with Crippen molar-refractivity contribution in [3.05, 3.63) is 29.3 Å². The Balaban J connectivity index is 2.02. The number of sulfone groups is 1. The maximum absolute atomic E-state index is 11.3. The number of hydrogen-bond donors (Lipinski definition) is 1. The molecule has 0 saturated carbocycles. The van der Waals surface area contributed by atoms with Crippen LogP contribution in [0.3, 0.4) is 0 Å². The van der Waals surface area contributed by atoms with Crippen LogP contribution in [0.2, 0.25) is 0 Å². The predicted octanol–water partition coefficient (Wildman–Crippen LogP) is 2.29. The number of anilines is 1. The highest BCUT2D eigenvalue weighted by molar-refractivity contribution is 7.91. The Bertz CT molecular complexity index is 494. The Morgan fingerprint density at radius 1 is 1.18 bits per heavy atom. The van der Waals surface area contributed by atoms with Crippen molar-refractivity contribution in [2.45, 2.75) is 32.7 Å². The number of nitrogens with one attached hydrogen (secondary N) is 1. The van der Waals surface area contributed by atoms with Crippen LogP contribution in [-0.4, -0.2) is 26.0 Å². The quantitative estimate of drug-likeness (QED) is 0.879. The van der Waals surface area contributed by atoms with Crippen LogP contribution in [0, 0.1) is 13.8 Å². The van der Waals surface area contributed by atoms with Gasteiger partial charge in [0.05, 0.1) is 11.5 Å². The minimum absolute atomic E-state index is 0.292. The van der Waals surface area contributed by atoms with Crippen molar-refractivity contribution in [3.63, 3.8) is 0 Å². The Morgan fingerprint density at radius 2 is 1.82 bits per heavy atom. The zero-order valence-corrected chi connectivity index (χ0v) is 11.2. The van der Waals surface area contributed by atoms with Gasteiger partial charge in [0, 0.05) is 11.7 Å². The van der Waals surface area contributed by atoms with Crippen LogP contribution in [-0.2, 0) is 9.84 Å². The fourth-order valence-electron chi connectivity index (χ4n) is 2.23. The summed E-state index contributed by atoms with van der Waals surface area (Å²) in [5, 5.41) is 3.45. The lowest BCUT2D eigenvalue weighted by molar-refractivity contribution is 0.559. The molecule has 0 unspecified atom stereocenters. The molecule has 1 aliphatic rings. The number of benzene rings is 1. The van der Waals surface area contributed by atoms with Gasteiger partial charge in [-0.2, -0.15) is 0 Å². The standard InChI is InChI=1S/C13H19NO2S/c1-10-3-4-13(11(2)9-10)14-12-5-7-17(15,16)8-6-12/h3-4,9,12,14H,5-8H2,1-2H3. The van der Waals surface area contributed by atoms with Gasteiger partial charge < -0.3 is 5.32 Å². The van der Waals surface area contributed by atoms with E-state index in [9.17, 15) is 8.42 Å². The van der Waals surface area contributed by atoms with Crippen molar-refractivity contribution in [3.8, 4) is 0 Å². The summed E-state index contributed by atoms with van der Waals surface area (Å²) in [4.78, 5) is 0. The third-order valence-corrected chi connectivity index (χ3v) is 5.01. The summed E-state index contributed by atoms with van der Waals surface area (Å²) >= 11 is 0. The van der Waals surface area contributed by atoms with Gasteiger partial charge in [0.15, 0.2) is 0 Å². The van der Waals surface area contributed by atoms with Crippen LogP contribution in [0.1, 0.15) is 24.0 Å². The van der Waals surface area contributed by atoms with Crippen LogP contribution < -0.4 is 5.32 Å². The van der Waals surface area contributed by atoms with Gasteiger partial charge in [-0.05, 0) is 38.3 Å². The van der Waals surface area contributed by atoms with Crippen molar-refractivity contribution < 1.29 is 8.42 Å². The largest absolute Gasteiger partial charge is 0.382 e. The average Bonchev–Trinajstić information content (AvgIpc) is 2.25. The second-order valence-electron chi connectivity index (χ2n) is 4.89. The molecule has 3 nitrogen and oxygen atoms in total. The molecule has 1 aromatic carbocycles. The van der Waals surface area contributed by atoms with Crippen molar-refractivity contribution >= 4 is 15.5 Å². The minimum Gasteiger partial charge on any atom is -0.382 e. The first-order chi connectivity index (χ1) is 7.96. The molecule has 4 heteroatoms. The molecule has 1 aromatic rings. The highest BCUT2D eigenvalue weighted by atomic mass is 32.2. The van der Waals surface area contributed by atoms with Gasteiger partial charge in [-0.25, -0.2) is 8.42 Å². The Hall–Kier alpha value is -1.03. The van der Waals surface area contributed by atoms with Gasteiger partial charge >= 0.3 is 0 Å². The number of aryl methyl sites for hydroxylation is 2. The van der Waals surface area contributed by atoms with E-state index in [1.807, 2.05) is 0 Å². The molecule has 0 atom stereocenters. The molecule has 0 bridgehead atoms. The van der Waals surface area contributed by atoms with E-state index in [2.05, 4.69) is 37.4 Å². The lowest BCUT2D eigenvalue weighted by atomic mass is 10.1. The van der Waals surface area contributed by atoms with Crippen LogP contribution >= 0.6 is 0 Å². The van der Waals surface area contributed by atoms with Crippen LogP contribution in [0.15, 0.2) is 18.2 Å². The van der Waals surface area contributed by atoms with Gasteiger partial charge in [0.2, 0.25) is 0 Å². The third kappa shape index (κ3) is 3.22. The molecule has 17 heavy (non-hydrogen) atoms. The molecular formula is C13H19NO2S. The first-order valence-electron chi connectivity index (χ1n) is 6.00. The normalized spacial score (nSPS) is 20.1. The molecule has 0 spiro atoms. The van der Waals surface area contributed by atoms with E-state index in [1.165, 1.54) is 11.1 Å². The SMILES string of the molecule is Cc1ccc(NC2CCS(=O)(=O)CC2)c(C)c1. The minimum atomic E-state index is -2.76. The Kier molecular flexibility index (Phi) is 3.43. The van der Waals surface area contributed by atoms with Crippen molar-refractivity contribution in [1.29, 1.82) is 0 Å². The fraction of sp³-hybridized carbons (Fsp3) is 0.538. The molecule has 94 valence electrons. The van der Waals surface area contributed by atoms with Gasteiger partial charge in [0.25, 0.3) is 0 Å². The van der Waals surface area contributed by atoms with E-state index < -0.39 is 9.84 Å². The van der Waals surface area contributed by atoms with Crippen LogP contribution in [0.4, 0.5) is 5.69 Å². The topological polar surface area (TPSA) is 46.2 Å². The monoisotopic (exact) mass is 253 g/mol. The molecule has 1 N–H and O–H groups in total. The summed E-state index contributed by atoms with van der Waals surface area (Å²) in [6, 6.07) is 6.59. The summed E-state index contributed by atoms with van der Waals surface area (Å²) in [5.41, 5.74) is 3.60. The lowest BCUT2D eigenvalue weighted by Crippen LogP contribution is -2.32. The molecule has 1 saturated heterocycles. The fourth-order valence-corrected chi connectivity index (χ4v) is 3.72. The van der Waals surface area contributed by atoms with Crippen molar-refractivity contribution in [1.82, 2.24) is 0 Å². The number of rotatable bonds is 2. The van der Waals surface area contributed by atoms with Gasteiger partial charge in [0.1, 0.15) is 9.84 Å². The van der Waals surface area contributed by atoms with E-state index in [1.54, 1.807) is 0 Å². The average molecular weight is 253 g/mol. The van der Waals surface area contributed by atoms with Crippen molar-refractivity contribution in [2.24, 2.45) is 0 Å². The summed E-state index contributed by atoms with van der Waals surface area (Å²) in [6.45, 7) is 4.15. The molecule has 1 heterocycles. The highest BCUT2D eigenvalue weighted by Gasteiger charge is 2.23.